The molecule has 0 N–H and O–H groups in total. The Morgan fingerprint density at radius 1 is 0.404 bits per heavy atom. The SMILES string of the molecule is N#Cc1c(-c2ccccc2)nc(-c2cccc(-n3c4ccccc4c4ccc5c6ccccc6n(-c6ccccc6)c5c43)c2)nc1-c1ccccc1. The zero-order valence-electron chi connectivity index (χ0n) is 28.0. The molecule has 0 fully saturated rings. The van der Waals surface area contributed by atoms with Gasteiger partial charge in [0.25, 0.3) is 0 Å². The van der Waals surface area contributed by atoms with Crippen molar-refractivity contribution in [2.24, 2.45) is 0 Å². The molecule has 0 atom stereocenters. The van der Waals surface area contributed by atoms with Crippen LogP contribution < -0.4 is 0 Å². The zero-order chi connectivity index (χ0) is 34.6. The maximum atomic E-state index is 10.5. The van der Waals surface area contributed by atoms with Crippen LogP contribution in [0.15, 0.2) is 176 Å². The monoisotopic (exact) mass is 663 g/mol. The molecule has 3 heterocycles. The molecule has 0 radical (unpaired) electrons. The number of nitrogens with zero attached hydrogens (tertiary/aromatic N) is 5. The molecule has 0 saturated heterocycles. The summed E-state index contributed by atoms with van der Waals surface area (Å²) < 4.78 is 4.78. The van der Waals surface area contributed by atoms with Gasteiger partial charge in [-0.25, -0.2) is 9.97 Å². The van der Waals surface area contributed by atoms with Crippen molar-refractivity contribution in [3.8, 4) is 51.3 Å². The van der Waals surface area contributed by atoms with Crippen LogP contribution in [0.3, 0.4) is 0 Å². The smallest absolute Gasteiger partial charge is 0.160 e. The number of aromatic nitrogens is 4. The van der Waals surface area contributed by atoms with Gasteiger partial charge in [0.2, 0.25) is 0 Å². The molecule has 0 amide bonds. The molecule has 0 spiro atoms. The first-order valence-electron chi connectivity index (χ1n) is 17.3. The molecule has 0 unspecified atom stereocenters. The average Bonchev–Trinajstić information content (AvgIpc) is 3.74. The molecule has 0 aliphatic rings. The third kappa shape index (κ3) is 4.56. The second-order valence-electron chi connectivity index (χ2n) is 12.9. The summed E-state index contributed by atoms with van der Waals surface area (Å²) in [7, 11) is 0. The van der Waals surface area contributed by atoms with E-state index < -0.39 is 0 Å². The lowest BCUT2D eigenvalue weighted by molar-refractivity contribution is 1.14. The first-order valence-corrected chi connectivity index (χ1v) is 17.3. The number of fused-ring (bicyclic) bond motifs is 7. The van der Waals surface area contributed by atoms with E-state index in [1.165, 1.54) is 21.5 Å². The maximum Gasteiger partial charge on any atom is 0.160 e. The van der Waals surface area contributed by atoms with Crippen LogP contribution in [0.4, 0.5) is 0 Å². The molecule has 0 bridgehead atoms. The van der Waals surface area contributed by atoms with Crippen molar-refractivity contribution in [1.29, 1.82) is 5.26 Å². The highest BCUT2D eigenvalue weighted by Gasteiger charge is 2.22. The van der Waals surface area contributed by atoms with E-state index in [2.05, 4.69) is 130 Å². The highest BCUT2D eigenvalue weighted by atomic mass is 15.0. The van der Waals surface area contributed by atoms with E-state index in [0.717, 1.165) is 50.1 Å². The van der Waals surface area contributed by atoms with Gasteiger partial charge in [0.15, 0.2) is 5.82 Å². The standard InChI is InChI=1S/C47H29N5/c48-30-40-43(31-15-4-1-5-16-31)49-47(50-44(40)32-17-6-2-7-18-32)33-19-14-22-35(29-33)52-42-26-13-11-24-37(42)39-28-27-38-36-23-10-12-25-41(36)51(45(38)46(39)52)34-20-8-3-9-21-34/h1-29H. The van der Waals surface area contributed by atoms with Gasteiger partial charge in [0.05, 0.1) is 33.5 Å². The summed E-state index contributed by atoms with van der Waals surface area (Å²) >= 11 is 0. The van der Waals surface area contributed by atoms with Gasteiger partial charge in [-0.2, -0.15) is 5.26 Å². The van der Waals surface area contributed by atoms with Crippen molar-refractivity contribution < 1.29 is 0 Å². The summed E-state index contributed by atoms with van der Waals surface area (Å²) in [6, 6.07) is 63.1. The fourth-order valence-electron chi connectivity index (χ4n) is 7.70. The van der Waals surface area contributed by atoms with Crippen LogP contribution in [0.1, 0.15) is 5.56 Å². The molecule has 3 aromatic heterocycles. The fraction of sp³-hybridized carbons (Fsp3) is 0. The number of nitriles is 1. The maximum absolute atomic E-state index is 10.5. The molecule has 0 aliphatic carbocycles. The number of para-hydroxylation sites is 3. The lowest BCUT2D eigenvalue weighted by Gasteiger charge is -2.14. The molecule has 5 heteroatoms. The summed E-state index contributed by atoms with van der Waals surface area (Å²) in [4.78, 5) is 10.2. The largest absolute Gasteiger partial charge is 0.307 e. The summed E-state index contributed by atoms with van der Waals surface area (Å²) in [5, 5.41) is 15.2. The second-order valence-corrected chi connectivity index (χ2v) is 12.9. The van der Waals surface area contributed by atoms with Crippen molar-refractivity contribution >= 4 is 43.6 Å². The Bertz CT molecular complexity index is 2950. The Kier molecular flexibility index (Phi) is 6.80. The minimum absolute atomic E-state index is 0.454. The van der Waals surface area contributed by atoms with E-state index >= 15 is 0 Å². The van der Waals surface area contributed by atoms with Crippen LogP contribution in [0.25, 0.3) is 88.9 Å². The second kappa shape index (κ2) is 11.9. The molecular weight excluding hydrogens is 635 g/mol. The molecule has 5 nitrogen and oxygen atoms in total. The molecule has 7 aromatic carbocycles. The number of benzene rings is 7. The lowest BCUT2D eigenvalue weighted by Crippen LogP contribution is -2.02. The topological polar surface area (TPSA) is 59.4 Å². The predicted molar refractivity (Wildman–Crippen MR) is 212 cm³/mol. The van der Waals surface area contributed by atoms with Gasteiger partial charge >= 0.3 is 0 Å². The van der Waals surface area contributed by atoms with E-state index in [9.17, 15) is 5.26 Å². The van der Waals surface area contributed by atoms with E-state index in [0.29, 0.717) is 22.8 Å². The van der Waals surface area contributed by atoms with Crippen molar-refractivity contribution in [2.45, 2.75) is 0 Å². The van der Waals surface area contributed by atoms with Crippen LogP contribution in [0, 0.1) is 11.3 Å². The lowest BCUT2D eigenvalue weighted by atomic mass is 10.00. The number of rotatable bonds is 5. The summed E-state index contributed by atoms with van der Waals surface area (Å²) in [5.74, 6) is 0.558. The Hall–Kier alpha value is -7.29. The van der Waals surface area contributed by atoms with Crippen LogP contribution in [-0.2, 0) is 0 Å². The molecule has 52 heavy (non-hydrogen) atoms. The van der Waals surface area contributed by atoms with Gasteiger partial charge in [-0.05, 0) is 36.4 Å². The molecule has 10 rings (SSSR count). The third-order valence-corrected chi connectivity index (χ3v) is 9.96. The molecular formula is C47H29N5. The van der Waals surface area contributed by atoms with Gasteiger partial charge in [0.1, 0.15) is 11.6 Å². The average molecular weight is 664 g/mol. The Balaban J connectivity index is 1.28. The predicted octanol–water partition coefficient (Wildman–Crippen LogP) is 11.5. The van der Waals surface area contributed by atoms with Gasteiger partial charge in [0, 0.05) is 49.6 Å². The first-order chi connectivity index (χ1) is 25.8. The van der Waals surface area contributed by atoms with Gasteiger partial charge in [-0.1, -0.05) is 140 Å². The number of hydrogen-bond acceptors (Lipinski definition) is 3. The third-order valence-electron chi connectivity index (χ3n) is 9.96. The summed E-state index contributed by atoms with van der Waals surface area (Å²) in [6.45, 7) is 0. The van der Waals surface area contributed by atoms with E-state index in [1.54, 1.807) is 0 Å². The fourth-order valence-corrected chi connectivity index (χ4v) is 7.70. The summed E-state index contributed by atoms with van der Waals surface area (Å²) in [5.41, 5.74) is 10.9. The van der Waals surface area contributed by atoms with E-state index in [-0.39, 0.29) is 0 Å². The normalized spacial score (nSPS) is 11.4. The Morgan fingerprint density at radius 2 is 0.846 bits per heavy atom. The highest BCUT2D eigenvalue weighted by Crippen LogP contribution is 2.42. The van der Waals surface area contributed by atoms with Crippen molar-refractivity contribution in [3.05, 3.63) is 181 Å². The minimum Gasteiger partial charge on any atom is -0.307 e. The summed E-state index contributed by atoms with van der Waals surface area (Å²) in [6.07, 6.45) is 0. The van der Waals surface area contributed by atoms with Gasteiger partial charge < -0.3 is 9.13 Å². The number of hydrogen-bond donors (Lipinski definition) is 0. The van der Waals surface area contributed by atoms with Crippen LogP contribution >= 0.6 is 0 Å². The van der Waals surface area contributed by atoms with Crippen molar-refractivity contribution in [3.63, 3.8) is 0 Å². The van der Waals surface area contributed by atoms with Crippen molar-refractivity contribution in [2.75, 3.05) is 0 Å². The first kappa shape index (κ1) is 29.6. The minimum atomic E-state index is 0.454. The molecule has 0 saturated carbocycles. The quantitative estimate of drug-likeness (QED) is 0.184. The Labute approximate surface area is 299 Å². The Morgan fingerprint density at radius 3 is 1.38 bits per heavy atom. The van der Waals surface area contributed by atoms with Crippen LogP contribution in [-0.4, -0.2) is 19.1 Å². The van der Waals surface area contributed by atoms with Crippen LogP contribution in [0.5, 0.6) is 0 Å². The van der Waals surface area contributed by atoms with Crippen LogP contribution in [0.2, 0.25) is 0 Å². The molecule has 0 aliphatic heterocycles. The van der Waals surface area contributed by atoms with Gasteiger partial charge in [-0.3, -0.25) is 0 Å². The molecule has 242 valence electrons. The van der Waals surface area contributed by atoms with E-state index in [1.807, 2.05) is 60.7 Å². The van der Waals surface area contributed by atoms with Crippen molar-refractivity contribution in [1.82, 2.24) is 19.1 Å². The van der Waals surface area contributed by atoms with Gasteiger partial charge in [-0.15, -0.1) is 0 Å². The zero-order valence-corrected chi connectivity index (χ0v) is 28.0. The molecule has 10 aromatic rings. The van der Waals surface area contributed by atoms with E-state index in [4.69, 9.17) is 9.97 Å². The highest BCUT2D eigenvalue weighted by molar-refractivity contribution is 6.23.